The predicted molar refractivity (Wildman–Crippen MR) is 190 cm³/mol. The Bertz CT molecular complexity index is 1640. The third kappa shape index (κ3) is 6.56. The Kier molecular flexibility index (Phi) is 9.69. The average Bonchev–Trinajstić information content (AvgIpc) is 3.54. The molecule has 0 spiro atoms. The van der Waals surface area contributed by atoms with E-state index >= 15 is 0 Å². The highest BCUT2D eigenvalue weighted by molar-refractivity contribution is 7.10. The fraction of sp³-hybridized carbons (Fsp3) is 0.175. The molecule has 6 rings (SSSR count). The predicted octanol–water partition coefficient (Wildman–Crippen LogP) is 6.44. The Hall–Kier alpha value is -4.41. The fourth-order valence-corrected chi connectivity index (χ4v) is 11.2. The number of unbranched alkanes of at least 4 members (excludes halogenated alkanes) is 2. The van der Waals surface area contributed by atoms with Crippen LogP contribution in [0.3, 0.4) is 0 Å². The van der Waals surface area contributed by atoms with Crippen molar-refractivity contribution in [3.05, 3.63) is 175 Å². The summed E-state index contributed by atoms with van der Waals surface area (Å²) in [6, 6.07) is 53.5. The first-order valence-corrected chi connectivity index (χ1v) is 18.1. The Morgan fingerprint density at radius 1 is 0.636 bits per heavy atom. The Labute approximate surface area is 264 Å². The van der Waals surface area contributed by atoms with Crippen LogP contribution in [0.2, 0.25) is 0 Å². The average molecular weight is 588 g/mol. The second-order valence-electron chi connectivity index (χ2n) is 11.7. The van der Waals surface area contributed by atoms with Gasteiger partial charge in [-0.05, 0) is 50.9 Å². The Morgan fingerprint density at radius 2 is 1.18 bits per heavy atom. The van der Waals surface area contributed by atoms with E-state index in [4.69, 9.17) is 4.98 Å². The van der Waals surface area contributed by atoms with Crippen LogP contribution in [0.1, 0.15) is 48.7 Å². The maximum Gasteiger partial charge on any atom is 0.215 e. The molecule has 1 heterocycles. The second kappa shape index (κ2) is 14.4. The number of hydrogen-bond acceptors (Lipinski definition) is 1. The number of hydrogen-bond donors (Lipinski definition) is 0. The highest BCUT2D eigenvalue weighted by Crippen LogP contribution is 2.23. The van der Waals surface area contributed by atoms with Crippen LogP contribution >= 0.6 is 0 Å². The van der Waals surface area contributed by atoms with Crippen molar-refractivity contribution in [2.45, 2.75) is 44.6 Å². The first-order valence-electron chi connectivity index (χ1n) is 15.9. The molecule has 0 aliphatic carbocycles. The van der Waals surface area contributed by atoms with Gasteiger partial charge in [0.2, 0.25) is 7.28 Å². The van der Waals surface area contributed by atoms with Crippen LogP contribution < -0.4 is 21.3 Å². The molecule has 0 N–H and O–H groups in total. The van der Waals surface area contributed by atoms with Crippen molar-refractivity contribution in [2.24, 2.45) is 0 Å². The van der Waals surface area contributed by atoms with Gasteiger partial charge >= 0.3 is 0 Å². The van der Waals surface area contributed by atoms with Crippen molar-refractivity contribution in [2.75, 3.05) is 0 Å². The minimum Gasteiger partial charge on any atom is -0.345 e. The van der Waals surface area contributed by atoms with Crippen LogP contribution in [0.4, 0.5) is 0 Å². The van der Waals surface area contributed by atoms with E-state index in [1.807, 2.05) is 6.20 Å². The number of rotatable bonds is 13. The summed E-state index contributed by atoms with van der Waals surface area (Å²) in [5, 5.41) is 4.28. The van der Waals surface area contributed by atoms with Gasteiger partial charge in [0.15, 0.2) is 8.07 Å². The zero-order valence-corrected chi connectivity index (χ0v) is 26.6. The minimum absolute atomic E-state index is 0.102. The maximum absolute atomic E-state index is 4.97. The van der Waals surface area contributed by atoms with Crippen LogP contribution in [0, 0.1) is 0 Å². The molecule has 4 heteroatoms. The normalized spacial score (nSPS) is 11.5. The van der Waals surface area contributed by atoms with E-state index in [2.05, 4.69) is 171 Å². The zero-order chi connectivity index (χ0) is 30.0. The van der Waals surface area contributed by atoms with Crippen molar-refractivity contribution in [1.82, 2.24) is 9.55 Å². The van der Waals surface area contributed by atoms with Crippen molar-refractivity contribution in [3.8, 4) is 0 Å². The smallest absolute Gasteiger partial charge is 0.215 e. The highest BCUT2D eigenvalue weighted by Gasteiger charge is 2.40. The Morgan fingerprint density at radius 3 is 1.75 bits per heavy atom. The molecule has 0 amide bonds. The lowest BCUT2D eigenvalue weighted by atomic mass is 9.58. The van der Waals surface area contributed by atoms with Crippen LogP contribution in [0.15, 0.2) is 158 Å². The van der Waals surface area contributed by atoms with E-state index in [-0.39, 0.29) is 5.82 Å². The van der Waals surface area contributed by atoms with Gasteiger partial charge in [0, 0.05) is 18.6 Å². The van der Waals surface area contributed by atoms with Gasteiger partial charge in [0.25, 0.3) is 0 Å². The molecule has 1 aromatic heterocycles. The molecule has 1 radical (unpaired) electrons. The number of nitrogens with zero attached hydrogens (tertiary/aromatic N) is 2. The molecule has 0 atom stereocenters. The van der Waals surface area contributed by atoms with Gasteiger partial charge in [-0.2, -0.15) is 0 Å². The molecule has 0 fully saturated rings. The molecule has 0 aliphatic rings. The Balaban J connectivity index is 1.47. The van der Waals surface area contributed by atoms with Crippen LogP contribution in [-0.4, -0.2) is 24.9 Å². The van der Waals surface area contributed by atoms with Crippen LogP contribution in [0.5, 0.6) is 0 Å². The van der Waals surface area contributed by atoms with Gasteiger partial charge in [-0.25, -0.2) is 0 Å². The molecule has 44 heavy (non-hydrogen) atoms. The van der Waals surface area contributed by atoms with Gasteiger partial charge in [0.05, 0.1) is 5.72 Å². The van der Waals surface area contributed by atoms with Gasteiger partial charge in [-0.15, -0.1) is 0 Å². The molecule has 0 unspecified atom stereocenters. The van der Waals surface area contributed by atoms with Crippen molar-refractivity contribution >= 4 is 36.6 Å². The lowest BCUT2D eigenvalue weighted by molar-refractivity contribution is 0.717. The fourth-order valence-electron chi connectivity index (χ4n) is 6.51. The SMILES string of the molecule is CCCCCc1cccc([Si](Cn2ccnc2[B]C(c2ccccc2)c2ccccc2)(c2ccccc2)c2ccccc2)c1. The third-order valence-corrected chi connectivity index (χ3v) is 13.6. The molecule has 5 aromatic carbocycles. The van der Waals surface area contributed by atoms with E-state index < -0.39 is 8.07 Å². The highest BCUT2D eigenvalue weighted by atomic mass is 28.3. The minimum atomic E-state index is -2.55. The molecule has 6 aromatic rings. The number of aromatic nitrogens is 2. The van der Waals surface area contributed by atoms with E-state index in [1.165, 1.54) is 51.5 Å². The van der Waals surface area contributed by atoms with Gasteiger partial charge in [0.1, 0.15) is 0 Å². The van der Waals surface area contributed by atoms with E-state index in [0.29, 0.717) is 0 Å². The monoisotopic (exact) mass is 587 g/mol. The molecule has 0 saturated carbocycles. The molecule has 217 valence electrons. The quantitative estimate of drug-likeness (QED) is 0.0864. The maximum atomic E-state index is 4.97. The van der Waals surface area contributed by atoms with Crippen molar-refractivity contribution in [1.29, 1.82) is 0 Å². The van der Waals surface area contributed by atoms with Crippen molar-refractivity contribution in [3.63, 3.8) is 0 Å². The van der Waals surface area contributed by atoms with E-state index in [0.717, 1.165) is 18.3 Å². The molecular weight excluding hydrogens is 547 g/mol. The summed E-state index contributed by atoms with van der Waals surface area (Å²) < 4.78 is 2.41. The summed E-state index contributed by atoms with van der Waals surface area (Å²) in [5.41, 5.74) is 4.97. The molecule has 0 saturated heterocycles. The second-order valence-corrected chi connectivity index (χ2v) is 15.5. The lowest BCUT2D eigenvalue weighted by Crippen LogP contribution is -2.70. The van der Waals surface area contributed by atoms with Crippen LogP contribution in [-0.2, 0) is 12.6 Å². The summed E-state index contributed by atoms with van der Waals surface area (Å²) in [6.07, 6.45) is 9.86. The first kappa shape index (κ1) is 29.7. The lowest BCUT2D eigenvalue weighted by Gasteiger charge is -2.35. The summed E-state index contributed by atoms with van der Waals surface area (Å²) in [5.74, 6) is 0.102. The zero-order valence-electron chi connectivity index (χ0n) is 25.6. The van der Waals surface area contributed by atoms with Crippen LogP contribution in [0.25, 0.3) is 0 Å². The molecular formula is C40H40BN2Si. The number of aryl methyl sites for hydroxylation is 1. The van der Waals surface area contributed by atoms with Crippen molar-refractivity contribution < 1.29 is 0 Å². The molecule has 2 nitrogen and oxygen atoms in total. The summed E-state index contributed by atoms with van der Waals surface area (Å²) in [4.78, 5) is 4.97. The number of imidazole rings is 1. The molecule has 0 bridgehead atoms. The molecule has 0 aliphatic heterocycles. The summed E-state index contributed by atoms with van der Waals surface area (Å²) >= 11 is 0. The van der Waals surface area contributed by atoms with E-state index in [9.17, 15) is 0 Å². The first-order chi connectivity index (χ1) is 21.8. The largest absolute Gasteiger partial charge is 0.345 e. The summed E-state index contributed by atoms with van der Waals surface area (Å²) in [7, 11) is -0.197. The summed E-state index contributed by atoms with van der Waals surface area (Å²) in [6.45, 7) is 2.28. The van der Waals surface area contributed by atoms with Gasteiger partial charge in [-0.1, -0.05) is 165 Å². The topological polar surface area (TPSA) is 17.8 Å². The third-order valence-electron chi connectivity index (χ3n) is 8.81. The standard InChI is InChI=1S/C40H40BN2Si/c1-2-3-8-18-33-19-17-28-38(31-33)44(36-24-13-6-14-25-36,37-26-15-7-16-27-37)32-43-30-29-42-40(43)41-39(34-20-9-4-10-21-34)35-22-11-5-12-23-35/h4-7,9-17,19-31,39H,2-3,8,18,32H2,1H3. The van der Waals surface area contributed by atoms with E-state index in [1.54, 1.807) is 0 Å². The number of benzene rings is 5. The van der Waals surface area contributed by atoms with Gasteiger partial charge in [-0.3, -0.25) is 4.98 Å². The van der Waals surface area contributed by atoms with Gasteiger partial charge < -0.3 is 4.57 Å².